The van der Waals surface area contributed by atoms with Crippen molar-refractivity contribution in [1.29, 1.82) is 0 Å². The molecule has 2 aromatic rings. The molecule has 0 N–H and O–H groups in total. The quantitative estimate of drug-likeness (QED) is 0.558. The molecule has 4 atom stereocenters. The highest BCUT2D eigenvalue weighted by Crippen LogP contribution is 2.53. The van der Waals surface area contributed by atoms with Crippen LogP contribution in [0, 0.1) is 30.6 Å². The fourth-order valence-corrected chi connectivity index (χ4v) is 4.86. The van der Waals surface area contributed by atoms with Crippen LogP contribution in [0.15, 0.2) is 54.6 Å². The van der Waals surface area contributed by atoms with E-state index < -0.39 is 11.9 Å². The van der Waals surface area contributed by atoms with E-state index in [4.69, 9.17) is 4.74 Å². The van der Waals surface area contributed by atoms with E-state index in [0.717, 1.165) is 24.8 Å². The van der Waals surface area contributed by atoms with E-state index in [-0.39, 0.29) is 35.9 Å². The first-order chi connectivity index (χ1) is 13.5. The van der Waals surface area contributed by atoms with Gasteiger partial charge >= 0.3 is 5.97 Å². The topological polar surface area (TPSA) is 60.4 Å². The Hall–Kier alpha value is -2.75. The van der Waals surface area contributed by atoms with Crippen molar-refractivity contribution in [3.8, 4) is 0 Å². The van der Waals surface area contributed by atoms with Gasteiger partial charge in [-0.05, 0) is 38.0 Å². The first-order valence-electron chi connectivity index (χ1n) is 9.90. The maximum atomic E-state index is 13.1. The molecule has 0 aromatic heterocycles. The maximum absolute atomic E-state index is 13.1. The summed E-state index contributed by atoms with van der Waals surface area (Å²) in [6, 6.07) is 16.4. The lowest BCUT2D eigenvalue weighted by molar-refractivity contribution is -0.150. The van der Waals surface area contributed by atoms with Crippen molar-refractivity contribution < 1.29 is 19.1 Å². The Labute approximate surface area is 164 Å². The van der Waals surface area contributed by atoms with Crippen molar-refractivity contribution in [3.05, 3.63) is 71.3 Å². The van der Waals surface area contributed by atoms with E-state index in [9.17, 15) is 14.4 Å². The second-order valence-corrected chi connectivity index (χ2v) is 8.01. The predicted octanol–water partition coefficient (Wildman–Crippen LogP) is 4.27. The second-order valence-electron chi connectivity index (χ2n) is 8.01. The Bertz CT molecular complexity index is 885. The zero-order valence-corrected chi connectivity index (χ0v) is 16.0. The minimum absolute atomic E-state index is 0.0274. The lowest BCUT2D eigenvalue weighted by Crippen LogP contribution is -2.36. The summed E-state index contributed by atoms with van der Waals surface area (Å²) >= 11 is 0. The SMILES string of the molecule is Cc1ccc(C(=O)COC(=O)C2C3CCC(C3)C2C(=O)c2ccccc2)cc1. The van der Waals surface area contributed by atoms with Crippen LogP contribution in [0.5, 0.6) is 0 Å². The molecule has 4 heteroatoms. The Morgan fingerprint density at radius 3 is 2.18 bits per heavy atom. The van der Waals surface area contributed by atoms with Gasteiger partial charge in [0.05, 0.1) is 5.92 Å². The lowest BCUT2D eigenvalue weighted by atomic mass is 9.75. The Morgan fingerprint density at radius 1 is 0.857 bits per heavy atom. The highest BCUT2D eigenvalue weighted by molar-refractivity contribution is 6.01. The van der Waals surface area contributed by atoms with E-state index in [2.05, 4.69) is 0 Å². The highest BCUT2D eigenvalue weighted by Gasteiger charge is 2.54. The number of rotatable bonds is 6. The second kappa shape index (κ2) is 7.70. The molecule has 4 unspecified atom stereocenters. The number of esters is 1. The third kappa shape index (κ3) is 3.51. The molecule has 2 aliphatic carbocycles. The van der Waals surface area contributed by atoms with Crippen molar-refractivity contribution in [3.63, 3.8) is 0 Å². The number of Topliss-reactive ketones (excluding diaryl/α,β-unsaturated/α-hetero) is 2. The van der Waals surface area contributed by atoms with Gasteiger partial charge in [0, 0.05) is 17.0 Å². The summed E-state index contributed by atoms with van der Waals surface area (Å²) in [4.78, 5) is 38.2. The molecular weight excluding hydrogens is 352 g/mol. The molecule has 0 amide bonds. The zero-order chi connectivity index (χ0) is 19.7. The summed E-state index contributed by atoms with van der Waals surface area (Å²) in [5.41, 5.74) is 2.25. The number of hydrogen-bond donors (Lipinski definition) is 0. The molecule has 2 saturated carbocycles. The number of carbonyl (C=O) groups excluding carboxylic acids is 3. The average molecular weight is 376 g/mol. The van der Waals surface area contributed by atoms with E-state index in [0.29, 0.717) is 11.1 Å². The lowest BCUT2D eigenvalue weighted by Gasteiger charge is -2.28. The summed E-state index contributed by atoms with van der Waals surface area (Å²) in [7, 11) is 0. The van der Waals surface area contributed by atoms with Gasteiger partial charge in [0.1, 0.15) is 0 Å². The number of ether oxygens (including phenoxy) is 1. The molecule has 0 aliphatic heterocycles. The minimum Gasteiger partial charge on any atom is -0.457 e. The fraction of sp³-hybridized carbons (Fsp3) is 0.375. The van der Waals surface area contributed by atoms with Crippen molar-refractivity contribution >= 4 is 17.5 Å². The summed E-state index contributed by atoms with van der Waals surface area (Å²) in [5, 5.41) is 0. The third-order valence-electron chi connectivity index (χ3n) is 6.27. The van der Waals surface area contributed by atoms with Crippen molar-refractivity contribution in [2.24, 2.45) is 23.7 Å². The maximum Gasteiger partial charge on any atom is 0.310 e. The number of ketones is 2. The molecule has 0 saturated heterocycles. The van der Waals surface area contributed by atoms with Crippen LogP contribution in [-0.4, -0.2) is 24.1 Å². The normalized spacial score (nSPS) is 25.5. The predicted molar refractivity (Wildman–Crippen MR) is 105 cm³/mol. The van der Waals surface area contributed by atoms with Crippen LogP contribution >= 0.6 is 0 Å². The third-order valence-corrected chi connectivity index (χ3v) is 6.27. The average Bonchev–Trinajstić information content (AvgIpc) is 3.34. The molecule has 2 aromatic carbocycles. The van der Waals surface area contributed by atoms with Gasteiger partial charge in [0.25, 0.3) is 0 Å². The molecule has 4 nitrogen and oxygen atoms in total. The number of carbonyl (C=O) groups is 3. The molecular formula is C24H24O4. The fourth-order valence-electron chi connectivity index (χ4n) is 4.86. The van der Waals surface area contributed by atoms with Crippen LogP contribution in [0.25, 0.3) is 0 Å². The van der Waals surface area contributed by atoms with Crippen LogP contribution in [0.4, 0.5) is 0 Å². The van der Waals surface area contributed by atoms with Gasteiger partial charge in [-0.1, -0.05) is 60.2 Å². The largest absolute Gasteiger partial charge is 0.457 e. The molecule has 0 spiro atoms. The molecule has 2 bridgehead atoms. The summed E-state index contributed by atoms with van der Waals surface area (Å²) < 4.78 is 5.40. The van der Waals surface area contributed by atoms with Crippen LogP contribution in [0.3, 0.4) is 0 Å². The summed E-state index contributed by atoms with van der Waals surface area (Å²) in [6.07, 6.45) is 2.84. The number of hydrogen-bond acceptors (Lipinski definition) is 4. The van der Waals surface area contributed by atoms with Crippen molar-refractivity contribution in [1.82, 2.24) is 0 Å². The monoisotopic (exact) mass is 376 g/mol. The van der Waals surface area contributed by atoms with E-state index in [1.165, 1.54) is 0 Å². The summed E-state index contributed by atoms with van der Waals surface area (Å²) in [5.74, 6) is -0.933. The first kappa shape index (κ1) is 18.6. The standard InChI is InChI=1S/C24H24O4/c1-15-7-9-16(10-8-15)20(25)14-28-24(27)22-19-12-11-18(13-19)21(22)23(26)17-5-3-2-4-6-17/h2-10,18-19,21-22H,11-14H2,1H3. The van der Waals surface area contributed by atoms with E-state index >= 15 is 0 Å². The van der Waals surface area contributed by atoms with Gasteiger partial charge in [-0.3, -0.25) is 14.4 Å². The Balaban J connectivity index is 1.45. The van der Waals surface area contributed by atoms with Crippen LogP contribution in [0.1, 0.15) is 45.5 Å². The zero-order valence-electron chi connectivity index (χ0n) is 16.0. The molecule has 144 valence electrons. The summed E-state index contributed by atoms with van der Waals surface area (Å²) in [6.45, 7) is 1.68. The Morgan fingerprint density at radius 2 is 1.50 bits per heavy atom. The van der Waals surface area contributed by atoms with Gasteiger partial charge in [-0.15, -0.1) is 0 Å². The number of fused-ring (bicyclic) bond motifs is 2. The number of aryl methyl sites for hydroxylation is 1. The Kier molecular flexibility index (Phi) is 5.12. The molecule has 0 heterocycles. The number of benzene rings is 2. The van der Waals surface area contributed by atoms with Gasteiger partial charge in [-0.25, -0.2) is 0 Å². The minimum atomic E-state index is -0.433. The highest BCUT2D eigenvalue weighted by atomic mass is 16.5. The van der Waals surface area contributed by atoms with Gasteiger partial charge in [0.15, 0.2) is 18.2 Å². The van der Waals surface area contributed by atoms with Crippen molar-refractivity contribution in [2.75, 3.05) is 6.61 Å². The van der Waals surface area contributed by atoms with Crippen LogP contribution in [0.2, 0.25) is 0 Å². The van der Waals surface area contributed by atoms with Crippen LogP contribution < -0.4 is 0 Å². The van der Waals surface area contributed by atoms with Crippen molar-refractivity contribution in [2.45, 2.75) is 26.2 Å². The van der Waals surface area contributed by atoms with Gasteiger partial charge in [-0.2, -0.15) is 0 Å². The molecule has 4 rings (SSSR count). The van der Waals surface area contributed by atoms with E-state index in [1.54, 1.807) is 24.3 Å². The smallest absolute Gasteiger partial charge is 0.310 e. The molecule has 0 radical (unpaired) electrons. The van der Waals surface area contributed by atoms with Gasteiger partial charge < -0.3 is 4.74 Å². The molecule has 28 heavy (non-hydrogen) atoms. The van der Waals surface area contributed by atoms with Crippen LogP contribution in [-0.2, 0) is 9.53 Å². The van der Waals surface area contributed by atoms with Gasteiger partial charge in [0.2, 0.25) is 0 Å². The molecule has 2 fully saturated rings. The van der Waals surface area contributed by atoms with E-state index in [1.807, 2.05) is 37.3 Å². The molecule has 2 aliphatic rings. The first-order valence-corrected chi connectivity index (χ1v) is 9.90.